The van der Waals surface area contributed by atoms with Crippen LogP contribution in [0.1, 0.15) is 45.6 Å². The van der Waals surface area contributed by atoms with Gasteiger partial charge in [0.2, 0.25) is 0 Å². The third-order valence-corrected chi connectivity index (χ3v) is 7.12. The van der Waals surface area contributed by atoms with Gasteiger partial charge in [-0.25, -0.2) is 4.98 Å². The second-order valence-electron chi connectivity index (χ2n) is 9.46. The topological polar surface area (TPSA) is 98.3 Å². The van der Waals surface area contributed by atoms with Crippen molar-refractivity contribution in [2.45, 2.75) is 32.2 Å². The van der Waals surface area contributed by atoms with Crippen LogP contribution in [0.3, 0.4) is 0 Å². The zero-order valence-electron chi connectivity index (χ0n) is 19.7. The molecule has 0 spiro atoms. The van der Waals surface area contributed by atoms with E-state index in [-0.39, 0.29) is 5.91 Å². The van der Waals surface area contributed by atoms with E-state index in [1.165, 1.54) is 11.8 Å². The molecule has 2 heterocycles. The number of likely N-dealkylation sites (N-methyl/N-ethyl adjacent to an activating group) is 1. The number of amides is 1. The van der Waals surface area contributed by atoms with E-state index in [2.05, 4.69) is 34.3 Å². The van der Waals surface area contributed by atoms with Crippen LogP contribution in [0.2, 0.25) is 0 Å². The minimum absolute atomic E-state index is 0.180. The molecule has 5 rings (SSSR count). The predicted molar refractivity (Wildman–Crippen MR) is 138 cm³/mol. The molecule has 0 radical (unpaired) electrons. The third-order valence-electron chi connectivity index (χ3n) is 7.12. The van der Waals surface area contributed by atoms with E-state index in [9.17, 15) is 4.79 Å². The van der Waals surface area contributed by atoms with E-state index in [4.69, 9.17) is 16.1 Å². The fraction of sp³-hybridized carbons (Fsp3) is 0.370. The Kier molecular flexibility index (Phi) is 6.30. The summed E-state index contributed by atoms with van der Waals surface area (Å²) in [6, 6.07) is 11.8. The van der Waals surface area contributed by atoms with E-state index < -0.39 is 0 Å². The number of nitrogens with two attached hydrogens (primary N) is 1. The molecule has 3 aromatic rings. The number of benzene rings is 2. The van der Waals surface area contributed by atoms with Gasteiger partial charge in [0, 0.05) is 61.3 Å². The van der Waals surface area contributed by atoms with Gasteiger partial charge in [0.15, 0.2) is 0 Å². The Morgan fingerprint density at radius 2 is 1.76 bits per heavy atom. The van der Waals surface area contributed by atoms with Gasteiger partial charge in [-0.2, -0.15) is 0 Å². The Hall–Kier alpha value is -3.29. The summed E-state index contributed by atoms with van der Waals surface area (Å²) in [5, 5.41) is 11.8. The zero-order chi connectivity index (χ0) is 23.7. The SMILES string of the molecule is CN1CCN(Cc2ccc(NC(=O)c3nc4ccc(N)c(C=N)c4c4c3CCCC4)cc2)CC1. The number of aryl methyl sites for hydroxylation is 1. The van der Waals surface area contributed by atoms with Crippen LogP contribution >= 0.6 is 0 Å². The van der Waals surface area contributed by atoms with Crippen LogP contribution in [0.25, 0.3) is 10.9 Å². The number of nitrogens with zero attached hydrogens (tertiary/aromatic N) is 3. The lowest BCUT2D eigenvalue weighted by Crippen LogP contribution is -2.43. The van der Waals surface area contributed by atoms with Crippen molar-refractivity contribution in [1.82, 2.24) is 14.8 Å². The van der Waals surface area contributed by atoms with E-state index in [1.807, 2.05) is 18.2 Å². The van der Waals surface area contributed by atoms with Crippen molar-refractivity contribution in [3.8, 4) is 0 Å². The molecular weight excluding hydrogens is 424 g/mol. The number of rotatable bonds is 5. The van der Waals surface area contributed by atoms with Crippen molar-refractivity contribution in [3.05, 3.63) is 64.3 Å². The molecule has 2 aliphatic rings. The molecule has 2 aromatic carbocycles. The van der Waals surface area contributed by atoms with Gasteiger partial charge in [-0.15, -0.1) is 0 Å². The van der Waals surface area contributed by atoms with Crippen LogP contribution in [0.4, 0.5) is 11.4 Å². The van der Waals surface area contributed by atoms with E-state index >= 15 is 0 Å². The van der Waals surface area contributed by atoms with Crippen LogP contribution in [-0.4, -0.2) is 60.1 Å². The average Bonchev–Trinajstić information content (AvgIpc) is 2.86. The fourth-order valence-corrected chi connectivity index (χ4v) is 5.16. The van der Waals surface area contributed by atoms with E-state index in [1.54, 1.807) is 6.07 Å². The second kappa shape index (κ2) is 9.52. The van der Waals surface area contributed by atoms with Gasteiger partial charge in [-0.05, 0) is 73.7 Å². The molecule has 0 unspecified atom stereocenters. The Balaban J connectivity index is 1.38. The Labute approximate surface area is 200 Å². The molecule has 1 fully saturated rings. The molecule has 4 N–H and O–H groups in total. The molecule has 0 saturated carbocycles. The standard InChI is InChI=1S/C27H32N6O/c1-32-12-14-33(15-13-32)17-18-6-8-19(9-7-18)30-27(34)26-21-5-3-2-4-20(21)25-22(16-28)23(29)10-11-24(25)31-26/h6-11,16,28H,2-5,12-15,17,29H2,1H3,(H,30,34). The van der Waals surface area contributed by atoms with Crippen molar-refractivity contribution in [2.24, 2.45) is 0 Å². The van der Waals surface area contributed by atoms with Gasteiger partial charge in [0.05, 0.1) is 5.52 Å². The molecule has 0 atom stereocenters. The minimum atomic E-state index is -0.180. The van der Waals surface area contributed by atoms with Gasteiger partial charge in [0.25, 0.3) is 5.91 Å². The maximum Gasteiger partial charge on any atom is 0.274 e. The van der Waals surface area contributed by atoms with Gasteiger partial charge in [-0.3, -0.25) is 9.69 Å². The van der Waals surface area contributed by atoms with Gasteiger partial charge in [-0.1, -0.05) is 12.1 Å². The van der Waals surface area contributed by atoms with Gasteiger partial charge < -0.3 is 21.4 Å². The highest BCUT2D eigenvalue weighted by atomic mass is 16.1. The quantitative estimate of drug-likeness (QED) is 0.402. The third kappa shape index (κ3) is 4.41. The van der Waals surface area contributed by atoms with Crippen LogP contribution in [0.15, 0.2) is 36.4 Å². The molecule has 34 heavy (non-hydrogen) atoms. The van der Waals surface area contributed by atoms with Crippen LogP contribution in [0.5, 0.6) is 0 Å². The van der Waals surface area contributed by atoms with Crippen molar-refractivity contribution < 1.29 is 4.79 Å². The average molecular weight is 457 g/mol. The number of carbonyl (C=O) groups excluding carboxylic acids is 1. The molecule has 1 saturated heterocycles. The fourth-order valence-electron chi connectivity index (χ4n) is 5.16. The van der Waals surface area contributed by atoms with Crippen LogP contribution in [0, 0.1) is 5.41 Å². The number of hydrogen-bond donors (Lipinski definition) is 3. The normalized spacial score (nSPS) is 16.9. The van der Waals surface area contributed by atoms with Gasteiger partial charge >= 0.3 is 0 Å². The first kappa shape index (κ1) is 22.5. The summed E-state index contributed by atoms with van der Waals surface area (Å²) in [7, 11) is 2.17. The van der Waals surface area contributed by atoms with Gasteiger partial charge in [0.1, 0.15) is 5.69 Å². The number of pyridine rings is 1. The summed E-state index contributed by atoms with van der Waals surface area (Å²) in [5.41, 5.74) is 12.8. The summed E-state index contributed by atoms with van der Waals surface area (Å²) in [4.78, 5) is 22.9. The lowest BCUT2D eigenvalue weighted by molar-refractivity contribution is 0.102. The largest absolute Gasteiger partial charge is 0.398 e. The van der Waals surface area contributed by atoms with Crippen molar-refractivity contribution in [3.63, 3.8) is 0 Å². The van der Waals surface area contributed by atoms with E-state index in [0.29, 0.717) is 16.9 Å². The molecule has 7 nitrogen and oxygen atoms in total. The lowest BCUT2D eigenvalue weighted by Gasteiger charge is -2.32. The molecule has 176 valence electrons. The number of fused-ring (bicyclic) bond motifs is 3. The molecular formula is C27H32N6O. The Morgan fingerprint density at radius 3 is 2.47 bits per heavy atom. The van der Waals surface area contributed by atoms with Crippen LogP contribution in [-0.2, 0) is 19.4 Å². The number of nitrogen functional groups attached to an aromatic ring is 1. The highest BCUT2D eigenvalue weighted by molar-refractivity contribution is 6.09. The number of hydrogen-bond acceptors (Lipinski definition) is 6. The first-order valence-corrected chi connectivity index (χ1v) is 12.1. The summed E-state index contributed by atoms with van der Waals surface area (Å²) in [6.45, 7) is 5.30. The number of piperazine rings is 1. The molecule has 1 aliphatic heterocycles. The summed E-state index contributed by atoms with van der Waals surface area (Å²) in [5.74, 6) is -0.180. The molecule has 1 amide bonds. The Bertz CT molecular complexity index is 1230. The zero-order valence-corrected chi connectivity index (χ0v) is 19.7. The summed E-state index contributed by atoms with van der Waals surface area (Å²) < 4.78 is 0. The number of aromatic nitrogens is 1. The molecule has 0 bridgehead atoms. The maximum atomic E-state index is 13.3. The first-order chi connectivity index (χ1) is 16.5. The first-order valence-electron chi connectivity index (χ1n) is 12.1. The van der Waals surface area contributed by atoms with Crippen molar-refractivity contribution in [2.75, 3.05) is 44.3 Å². The highest BCUT2D eigenvalue weighted by Gasteiger charge is 2.24. The summed E-state index contributed by atoms with van der Waals surface area (Å²) in [6.07, 6.45) is 5.09. The van der Waals surface area contributed by atoms with Crippen LogP contribution < -0.4 is 11.1 Å². The lowest BCUT2D eigenvalue weighted by atomic mass is 9.86. The number of anilines is 2. The molecule has 1 aromatic heterocycles. The summed E-state index contributed by atoms with van der Waals surface area (Å²) >= 11 is 0. The number of nitrogens with one attached hydrogen (secondary N) is 2. The van der Waals surface area contributed by atoms with Crippen molar-refractivity contribution >= 4 is 34.4 Å². The number of carbonyl (C=O) groups is 1. The minimum Gasteiger partial charge on any atom is -0.398 e. The smallest absolute Gasteiger partial charge is 0.274 e. The van der Waals surface area contributed by atoms with E-state index in [0.717, 1.165) is 86.1 Å². The maximum absolute atomic E-state index is 13.3. The Morgan fingerprint density at radius 1 is 1.06 bits per heavy atom. The molecule has 7 heteroatoms. The highest BCUT2D eigenvalue weighted by Crippen LogP contribution is 2.34. The molecule has 1 aliphatic carbocycles. The predicted octanol–water partition coefficient (Wildman–Crippen LogP) is 3.69. The monoisotopic (exact) mass is 456 g/mol. The second-order valence-corrected chi connectivity index (χ2v) is 9.46. The van der Waals surface area contributed by atoms with Crippen molar-refractivity contribution in [1.29, 1.82) is 5.41 Å².